The number of nitrogens with zero attached hydrogens (tertiary/aromatic N) is 2. The van der Waals surface area contributed by atoms with Crippen LogP contribution in [0.3, 0.4) is 0 Å². The number of carbonyl (C=O) groups is 1. The minimum atomic E-state index is -0.125. The number of benzene rings is 1. The third-order valence-corrected chi connectivity index (χ3v) is 3.57. The first-order chi connectivity index (χ1) is 8.58. The van der Waals surface area contributed by atoms with E-state index in [1.807, 2.05) is 12.1 Å². The van der Waals surface area contributed by atoms with Gasteiger partial charge < -0.3 is 9.64 Å². The minimum Gasteiger partial charge on any atom is -0.496 e. The Bertz CT molecular complexity index is 575. The zero-order valence-corrected chi connectivity index (χ0v) is 11.5. The van der Waals surface area contributed by atoms with Crippen molar-refractivity contribution in [1.82, 2.24) is 4.90 Å². The maximum absolute atomic E-state index is 12.3. The number of halogens is 1. The van der Waals surface area contributed by atoms with Crippen LogP contribution in [0.1, 0.15) is 15.9 Å². The summed E-state index contributed by atoms with van der Waals surface area (Å²) >= 11 is 3.43. The summed E-state index contributed by atoms with van der Waals surface area (Å²) in [6, 6.07) is 5.56. The summed E-state index contributed by atoms with van der Waals surface area (Å²) in [5.74, 6) is 0.433. The van der Waals surface area contributed by atoms with Crippen LogP contribution >= 0.6 is 15.9 Å². The van der Waals surface area contributed by atoms with Gasteiger partial charge in [0.1, 0.15) is 5.75 Å². The van der Waals surface area contributed by atoms with Gasteiger partial charge in [-0.05, 0) is 12.1 Å². The van der Waals surface area contributed by atoms with Gasteiger partial charge >= 0.3 is 0 Å². The molecule has 0 radical (unpaired) electrons. The second-order valence-corrected chi connectivity index (χ2v) is 4.83. The molecule has 4 nitrogen and oxygen atoms in total. The number of ether oxygens (including phenoxy) is 1. The quantitative estimate of drug-likeness (QED) is 0.806. The summed E-state index contributed by atoms with van der Waals surface area (Å²) < 4.78 is 6.08. The molecule has 0 fully saturated rings. The van der Waals surface area contributed by atoms with Crippen LogP contribution in [0.15, 0.2) is 28.8 Å². The van der Waals surface area contributed by atoms with E-state index < -0.39 is 0 Å². The van der Waals surface area contributed by atoms with E-state index in [-0.39, 0.29) is 12.5 Å². The topological polar surface area (TPSA) is 53.3 Å². The van der Waals surface area contributed by atoms with Gasteiger partial charge in [0.2, 0.25) is 0 Å². The first-order valence-corrected chi connectivity index (χ1v) is 6.10. The summed E-state index contributed by atoms with van der Waals surface area (Å²) in [6.45, 7) is 4.32. The first kappa shape index (κ1) is 12.7. The average Bonchev–Trinajstić information content (AvgIpc) is 2.69. The van der Waals surface area contributed by atoms with E-state index in [1.54, 1.807) is 11.0 Å². The Morgan fingerprint density at radius 1 is 1.67 bits per heavy atom. The van der Waals surface area contributed by atoms with Crippen LogP contribution in [0, 0.1) is 11.3 Å². The molecule has 92 valence electrons. The van der Waals surface area contributed by atoms with E-state index in [0.29, 0.717) is 23.4 Å². The Balaban J connectivity index is 2.39. The summed E-state index contributed by atoms with van der Waals surface area (Å²) in [6.07, 6.45) is 0. The van der Waals surface area contributed by atoms with Crippen molar-refractivity contribution in [3.05, 3.63) is 39.9 Å². The Kier molecular flexibility index (Phi) is 3.39. The van der Waals surface area contributed by atoms with Gasteiger partial charge in [0, 0.05) is 22.2 Å². The Hall–Kier alpha value is -1.80. The number of amides is 1. The lowest BCUT2D eigenvalue weighted by Crippen LogP contribution is -2.25. The third kappa shape index (κ3) is 2.00. The molecule has 1 aliphatic heterocycles. The highest BCUT2D eigenvalue weighted by Gasteiger charge is 2.32. The minimum absolute atomic E-state index is 0.125. The number of carbonyl (C=O) groups excluding carboxylic acids is 1. The molecule has 0 aromatic heterocycles. The highest BCUT2D eigenvalue weighted by Crippen LogP contribution is 2.35. The van der Waals surface area contributed by atoms with Crippen molar-refractivity contribution in [2.24, 2.45) is 0 Å². The predicted molar refractivity (Wildman–Crippen MR) is 70.2 cm³/mol. The number of methoxy groups -OCH3 is 1. The molecule has 0 N–H and O–H groups in total. The van der Waals surface area contributed by atoms with Gasteiger partial charge in [-0.2, -0.15) is 5.26 Å². The van der Waals surface area contributed by atoms with Gasteiger partial charge in [-0.15, -0.1) is 0 Å². The van der Waals surface area contributed by atoms with E-state index in [4.69, 9.17) is 10.00 Å². The smallest absolute Gasteiger partial charge is 0.258 e. The van der Waals surface area contributed by atoms with E-state index in [0.717, 1.165) is 10.0 Å². The molecule has 1 heterocycles. The summed E-state index contributed by atoms with van der Waals surface area (Å²) in [5.41, 5.74) is 1.83. The van der Waals surface area contributed by atoms with Gasteiger partial charge in [0.15, 0.2) is 0 Å². The van der Waals surface area contributed by atoms with Crippen molar-refractivity contribution in [2.75, 3.05) is 13.7 Å². The third-order valence-electron chi connectivity index (χ3n) is 2.83. The van der Waals surface area contributed by atoms with Crippen LogP contribution in [0.2, 0.25) is 0 Å². The number of fused-ring (bicyclic) bond motifs is 1. The van der Waals surface area contributed by atoms with Crippen molar-refractivity contribution in [3.63, 3.8) is 0 Å². The van der Waals surface area contributed by atoms with Crippen molar-refractivity contribution in [3.8, 4) is 11.8 Å². The van der Waals surface area contributed by atoms with Crippen LogP contribution in [0.5, 0.6) is 5.75 Å². The van der Waals surface area contributed by atoms with Crippen molar-refractivity contribution in [1.29, 1.82) is 5.26 Å². The molecular weight excluding hydrogens is 296 g/mol. The standard InChI is InChI=1S/C13H11BrN2O2/c1-8(5-15)6-16-7-9-10(14)3-4-11(18-2)12(9)13(16)17/h3-4H,1,6-7H2,2H3. The maximum atomic E-state index is 12.3. The van der Waals surface area contributed by atoms with Crippen LogP contribution in [0.25, 0.3) is 0 Å². The molecule has 0 atom stereocenters. The van der Waals surface area contributed by atoms with Crippen LogP contribution in [0.4, 0.5) is 0 Å². The lowest BCUT2D eigenvalue weighted by atomic mass is 10.1. The summed E-state index contributed by atoms with van der Waals surface area (Å²) in [5, 5.41) is 8.73. The van der Waals surface area contributed by atoms with Gasteiger partial charge in [-0.3, -0.25) is 4.79 Å². The fourth-order valence-electron chi connectivity index (χ4n) is 1.97. The zero-order chi connectivity index (χ0) is 13.3. The van der Waals surface area contributed by atoms with Crippen molar-refractivity contribution >= 4 is 21.8 Å². The molecule has 0 unspecified atom stereocenters. The second-order valence-electron chi connectivity index (χ2n) is 3.98. The zero-order valence-electron chi connectivity index (χ0n) is 9.86. The number of hydrogen-bond donors (Lipinski definition) is 0. The van der Waals surface area contributed by atoms with Gasteiger partial charge in [0.25, 0.3) is 5.91 Å². The fourth-order valence-corrected chi connectivity index (χ4v) is 2.43. The molecule has 1 aliphatic rings. The lowest BCUT2D eigenvalue weighted by molar-refractivity contribution is 0.0791. The second kappa shape index (κ2) is 4.83. The molecule has 1 aromatic rings. The van der Waals surface area contributed by atoms with Crippen molar-refractivity contribution < 1.29 is 9.53 Å². The molecule has 5 heteroatoms. The predicted octanol–water partition coefficient (Wildman–Crippen LogP) is 2.49. The SMILES string of the molecule is C=C(C#N)CN1Cc2c(Br)ccc(OC)c2C1=O. The molecule has 0 aliphatic carbocycles. The summed E-state index contributed by atoms with van der Waals surface area (Å²) in [7, 11) is 1.54. The first-order valence-electron chi connectivity index (χ1n) is 5.31. The molecule has 0 saturated heterocycles. The molecule has 1 amide bonds. The van der Waals surface area contributed by atoms with E-state index in [1.165, 1.54) is 7.11 Å². The molecular formula is C13H11BrN2O2. The Labute approximate surface area is 114 Å². The average molecular weight is 307 g/mol. The Morgan fingerprint density at radius 2 is 2.39 bits per heavy atom. The van der Waals surface area contributed by atoms with Crippen molar-refractivity contribution in [2.45, 2.75) is 6.54 Å². The molecule has 0 saturated carbocycles. The van der Waals surface area contributed by atoms with Crippen LogP contribution in [-0.4, -0.2) is 24.5 Å². The highest BCUT2D eigenvalue weighted by molar-refractivity contribution is 9.10. The summed E-state index contributed by atoms with van der Waals surface area (Å²) in [4.78, 5) is 13.8. The van der Waals surface area contributed by atoms with Gasteiger partial charge in [0.05, 0.1) is 25.3 Å². The van der Waals surface area contributed by atoms with E-state index in [9.17, 15) is 4.79 Å². The molecule has 0 spiro atoms. The molecule has 1 aromatic carbocycles. The molecule has 18 heavy (non-hydrogen) atoms. The number of rotatable bonds is 3. The molecule has 2 rings (SSSR count). The lowest BCUT2D eigenvalue weighted by Gasteiger charge is -2.14. The Morgan fingerprint density at radius 3 is 3.00 bits per heavy atom. The van der Waals surface area contributed by atoms with E-state index >= 15 is 0 Å². The van der Waals surface area contributed by atoms with Crippen LogP contribution < -0.4 is 4.74 Å². The number of hydrogen-bond acceptors (Lipinski definition) is 3. The van der Waals surface area contributed by atoms with Crippen LogP contribution in [-0.2, 0) is 6.54 Å². The van der Waals surface area contributed by atoms with E-state index in [2.05, 4.69) is 22.5 Å². The number of nitriles is 1. The van der Waals surface area contributed by atoms with Gasteiger partial charge in [-0.25, -0.2) is 0 Å². The monoisotopic (exact) mass is 306 g/mol. The highest BCUT2D eigenvalue weighted by atomic mass is 79.9. The molecule has 0 bridgehead atoms. The largest absolute Gasteiger partial charge is 0.496 e. The normalized spacial score (nSPS) is 13.2. The fraction of sp³-hybridized carbons (Fsp3) is 0.231. The maximum Gasteiger partial charge on any atom is 0.258 e. The van der Waals surface area contributed by atoms with Gasteiger partial charge in [-0.1, -0.05) is 22.5 Å².